The summed E-state index contributed by atoms with van der Waals surface area (Å²) in [6.07, 6.45) is 0. The van der Waals surface area contributed by atoms with E-state index in [1.165, 1.54) is 0 Å². The van der Waals surface area contributed by atoms with Gasteiger partial charge in [-0.05, 0) is 13.8 Å². The monoisotopic (exact) mass is 354 g/mol. The van der Waals surface area contributed by atoms with Gasteiger partial charge in [-0.2, -0.15) is 0 Å². The highest BCUT2D eigenvalue weighted by atomic mass is 127. The smallest absolute Gasteiger partial charge is 0.159 e. The summed E-state index contributed by atoms with van der Waals surface area (Å²) in [6.45, 7) is 4.41. The summed E-state index contributed by atoms with van der Waals surface area (Å²) in [5.41, 5.74) is 0. The lowest BCUT2D eigenvalue weighted by atomic mass is 10.7. The molecule has 0 fully saturated rings. The van der Waals surface area contributed by atoms with E-state index in [-0.39, 0.29) is 0 Å². The van der Waals surface area contributed by atoms with Crippen LogP contribution in [0.5, 0.6) is 0 Å². The Balaban J connectivity index is 3.55. The van der Waals surface area contributed by atoms with E-state index >= 15 is 0 Å². The van der Waals surface area contributed by atoms with Crippen molar-refractivity contribution >= 4 is 51.6 Å². The molecule has 0 atom stereocenters. The summed E-state index contributed by atoms with van der Waals surface area (Å²) in [7, 11) is 0. The van der Waals surface area contributed by atoms with Crippen LogP contribution < -0.4 is 0 Å². The second kappa shape index (κ2) is 5.51. The van der Waals surface area contributed by atoms with Crippen molar-refractivity contribution in [3.05, 3.63) is 0 Å². The molecule has 0 aromatic heterocycles. The molecule has 0 aromatic rings. The molecule has 0 aliphatic carbocycles. The van der Waals surface area contributed by atoms with Crippen LogP contribution in [0.2, 0.25) is 0 Å². The third-order valence-corrected chi connectivity index (χ3v) is 1.97. The number of amidine groups is 1. The molecule has 0 bridgehead atoms. The molecule has 0 spiro atoms. The Morgan fingerprint density at radius 1 is 1.67 bits per heavy atom. The molecular weight excluding hydrogens is 346 g/mol. The SMILES string of the molecule is CCO/N=C(/C)N(I)I. The van der Waals surface area contributed by atoms with Crippen molar-refractivity contribution in [2.24, 2.45) is 5.16 Å². The normalized spacial score (nSPS) is 11.3. The Labute approximate surface area is 82.8 Å². The van der Waals surface area contributed by atoms with Crippen LogP contribution in [0.15, 0.2) is 5.16 Å². The van der Waals surface area contributed by atoms with Gasteiger partial charge in [-0.15, -0.1) is 0 Å². The molecule has 0 unspecified atom stereocenters. The number of hydrogen-bond acceptors (Lipinski definition) is 2. The second-order valence-electron chi connectivity index (χ2n) is 1.29. The van der Waals surface area contributed by atoms with Gasteiger partial charge in [-0.25, -0.2) is 1.33 Å². The van der Waals surface area contributed by atoms with Gasteiger partial charge in [0.05, 0.1) is 45.7 Å². The lowest BCUT2D eigenvalue weighted by Crippen LogP contribution is -2.04. The van der Waals surface area contributed by atoms with E-state index in [4.69, 9.17) is 4.84 Å². The van der Waals surface area contributed by atoms with E-state index < -0.39 is 0 Å². The van der Waals surface area contributed by atoms with Crippen molar-refractivity contribution in [2.45, 2.75) is 13.8 Å². The van der Waals surface area contributed by atoms with E-state index in [2.05, 4.69) is 50.9 Å². The van der Waals surface area contributed by atoms with Crippen LogP contribution in [0, 0.1) is 0 Å². The van der Waals surface area contributed by atoms with Crippen LogP contribution in [0.25, 0.3) is 0 Å². The van der Waals surface area contributed by atoms with Crippen LogP contribution in [-0.4, -0.2) is 13.8 Å². The molecule has 0 saturated heterocycles. The first-order valence-corrected chi connectivity index (χ1v) is 4.39. The molecule has 5 heteroatoms. The number of hydrogen-bond donors (Lipinski definition) is 0. The highest BCUT2D eigenvalue weighted by molar-refractivity contribution is 14.2. The summed E-state index contributed by atoms with van der Waals surface area (Å²) in [6, 6.07) is 0. The Bertz CT molecular complexity index is 105. The van der Waals surface area contributed by atoms with E-state index in [1.54, 1.807) is 0 Å². The first kappa shape index (κ1) is 9.73. The molecule has 0 aliphatic rings. The van der Waals surface area contributed by atoms with Crippen LogP contribution in [0.1, 0.15) is 13.8 Å². The summed E-state index contributed by atoms with van der Waals surface area (Å²) in [4.78, 5) is 4.79. The second-order valence-corrected chi connectivity index (χ2v) is 5.07. The highest BCUT2D eigenvalue weighted by Crippen LogP contribution is 2.07. The fourth-order valence-electron chi connectivity index (χ4n) is 0.189. The molecule has 0 amide bonds. The summed E-state index contributed by atoms with van der Waals surface area (Å²) in [5, 5.41) is 3.77. The quantitative estimate of drug-likeness (QED) is 0.250. The van der Waals surface area contributed by atoms with Crippen molar-refractivity contribution in [3.8, 4) is 0 Å². The summed E-state index contributed by atoms with van der Waals surface area (Å²) < 4.78 is 1.84. The van der Waals surface area contributed by atoms with Gasteiger partial charge in [0.2, 0.25) is 0 Å². The zero-order valence-corrected chi connectivity index (χ0v) is 9.58. The standard InChI is InChI=1S/C4H8I2N2O/c1-3-9-7-4(2)8(5)6/h3H2,1-2H3/b7-4-. The maximum atomic E-state index is 4.79. The van der Waals surface area contributed by atoms with Crippen molar-refractivity contribution in [1.29, 1.82) is 0 Å². The summed E-state index contributed by atoms with van der Waals surface area (Å²) >= 11 is 4.23. The molecule has 0 N–H and O–H groups in total. The summed E-state index contributed by atoms with van der Waals surface area (Å²) in [5.74, 6) is 0.859. The number of rotatable bonds is 2. The van der Waals surface area contributed by atoms with Crippen molar-refractivity contribution in [2.75, 3.05) is 6.61 Å². The van der Waals surface area contributed by atoms with Crippen molar-refractivity contribution < 1.29 is 4.84 Å². The highest BCUT2D eigenvalue weighted by Gasteiger charge is 1.94. The molecule has 0 saturated carbocycles. The Morgan fingerprint density at radius 2 is 2.22 bits per heavy atom. The number of oxime groups is 1. The fourth-order valence-corrected chi connectivity index (χ4v) is 0.365. The van der Waals surface area contributed by atoms with Gasteiger partial charge in [0.1, 0.15) is 6.61 Å². The minimum absolute atomic E-state index is 0.623. The lowest BCUT2D eigenvalue weighted by Gasteiger charge is -2.03. The van der Waals surface area contributed by atoms with Crippen LogP contribution >= 0.6 is 45.7 Å². The molecule has 9 heavy (non-hydrogen) atoms. The van der Waals surface area contributed by atoms with Gasteiger partial charge in [0, 0.05) is 0 Å². The number of nitrogens with zero attached hydrogens (tertiary/aromatic N) is 2. The largest absolute Gasteiger partial charge is 0.395 e. The van der Waals surface area contributed by atoms with Gasteiger partial charge >= 0.3 is 0 Å². The minimum Gasteiger partial charge on any atom is -0.395 e. The Kier molecular flexibility index (Phi) is 5.96. The van der Waals surface area contributed by atoms with Gasteiger partial charge in [-0.3, -0.25) is 0 Å². The number of halogens is 2. The third-order valence-electron chi connectivity index (χ3n) is 0.570. The molecule has 54 valence electrons. The average Bonchev–Trinajstić information content (AvgIpc) is 1.82. The molecule has 0 heterocycles. The van der Waals surface area contributed by atoms with E-state index in [1.807, 2.05) is 15.2 Å². The van der Waals surface area contributed by atoms with E-state index in [0.717, 1.165) is 5.84 Å². The van der Waals surface area contributed by atoms with Gasteiger partial charge in [-0.1, -0.05) is 5.16 Å². The van der Waals surface area contributed by atoms with Crippen molar-refractivity contribution in [3.63, 3.8) is 0 Å². The molecule has 0 aliphatic heterocycles. The predicted molar refractivity (Wildman–Crippen MR) is 54.6 cm³/mol. The first-order chi connectivity index (χ1) is 4.18. The van der Waals surface area contributed by atoms with Crippen molar-refractivity contribution in [1.82, 2.24) is 1.33 Å². The average molecular weight is 354 g/mol. The van der Waals surface area contributed by atoms with Crippen LogP contribution in [-0.2, 0) is 4.84 Å². The molecular formula is C4H8I2N2O. The lowest BCUT2D eigenvalue weighted by molar-refractivity contribution is 0.157. The van der Waals surface area contributed by atoms with Crippen LogP contribution in [0.4, 0.5) is 0 Å². The van der Waals surface area contributed by atoms with E-state index in [0.29, 0.717) is 6.61 Å². The Morgan fingerprint density at radius 3 is 2.56 bits per heavy atom. The molecule has 0 radical (unpaired) electrons. The van der Waals surface area contributed by atoms with Gasteiger partial charge in [0.25, 0.3) is 0 Å². The zero-order valence-electron chi connectivity index (χ0n) is 5.27. The third kappa shape index (κ3) is 5.19. The van der Waals surface area contributed by atoms with E-state index in [9.17, 15) is 0 Å². The van der Waals surface area contributed by atoms with Gasteiger partial charge in [0.15, 0.2) is 5.84 Å². The fraction of sp³-hybridized carbons (Fsp3) is 0.750. The predicted octanol–water partition coefficient (Wildman–Crippen LogP) is 2.36. The van der Waals surface area contributed by atoms with Gasteiger partial charge < -0.3 is 4.84 Å². The Hall–Kier alpha value is 0.730. The molecule has 0 rings (SSSR count). The topological polar surface area (TPSA) is 24.8 Å². The zero-order chi connectivity index (χ0) is 7.28. The minimum atomic E-state index is 0.623. The maximum absolute atomic E-state index is 4.79. The van der Waals surface area contributed by atoms with Crippen LogP contribution in [0.3, 0.4) is 0 Å². The maximum Gasteiger partial charge on any atom is 0.159 e. The first-order valence-electron chi connectivity index (χ1n) is 2.46. The molecule has 0 aromatic carbocycles. The molecule has 3 nitrogen and oxygen atoms in total.